The van der Waals surface area contributed by atoms with Crippen LogP contribution in [-0.2, 0) is 16.3 Å². The summed E-state index contributed by atoms with van der Waals surface area (Å²) in [5.74, 6) is 0.647. The molecule has 0 rings (SSSR count). The molecule has 1 unspecified atom stereocenters. The van der Waals surface area contributed by atoms with E-state index in [-0.39, 0.29) is 51.4 Å². The van der Waals surface area contributed by atoms with Crippen LogP contribution in [0.4, 0.5) is 0 Å². The molecule has 0 fully saturated rings. The number of rotatable bonds is 5. The molecule has 0 saturated carbocycles. The summed E-state index contributed by atoms with van der Waals surface area (Å²) in [6, 6.07) is 0. The Morgan fingerprint density at radius 3 is 2.73 bits per heavy atom. The van der Waals surface area contributed by atoms with Crippen LogP contribution in [-0.4, -0.2) is 68.6 Å². The van der Waals surface area contributed by atoms with E-state index in [1.54, 1.807) is 6.08 Å². The van der Waals surface area contributed by atoms with Crippen LogP contribution in [0.2, 0.25) is 0 Å². The smallest absolute Gasteiger partial charge is 0.245 e. The van der Waals surface area contributed by atoms with Crippen molar-refractivity contribution in [2.24, 2.45) is 0 Å². The molecule has 0 aliphatic carbocycles. The predicted octanol–water partition coefficient (Wildman–Crippen LogP) is 1.78. The maximum Gasteiger partial charge on any atom is 0.245 e. The molecule has 0 aliphatic heterocycles. The van der Waals surface area contributed by atoms with E-state index in [1.807, 2.05) is 6.92 Å². The van der Waals surface area contributed by atoms with Gasteiger partial charge < -0.3 is 9.42 Å². The fourth-order valence-corrected chi connectivity index (χ4v) is 3.33. The van der Waals surface area contributed by atoms with Crippen molar-refractivity contribution in [2.45, 2.75) is 6.92 Å². The third-order valence-electron chi connectivity index (χ3n) is 0.648. The van der Waals surface area contributed by atoms with Crippen LogP contribution in [0.5, 0.6) is 0 Å². The molecule has 0 aliphatic rings. The van der Waals surface area contributed by atoms with E-state index in [4.69, 9.17) is 16.3 Å². The molecule has 61 valence electrons. The Morgan fingerprint density at radius 1 is 1.82 bits per heavy atom. The molecule has 0 heterocycles. The topological polar surface area (TPSA) is 29.5 Å². The molecule has 0 spiro atoms. The summed E-state index contributed by atoms with van der Waals surface area (Å²) >= 11 is 6.01. The summed E-state index contributed by atoms with van der Waals surface area (Å²) in [5.41, 5.74) is -2.53. The fraction of sp³-hybridized carbons (Fsp3) is 0.600. The van der Waals surface area contributed by atoms with Crippen LogP contribution in [0.15, 0.2) is 12.7 Å². The Bertz CT molecular complexity index is 153. The molecule has 0 aromatic rings. The average molecular weight is 237 g/mol. The zero-order valence-electron chi connectivity index (χ0n) is 6.82. The molecule has 0 amide bonds. The van der Waals surface area contributed by atoms with Crippen molar-refractivity contribution in [3.05, 3.63) is 12.7 Å². The van der Waals surface area contributed by atoms with E-state index in [0.717, 1.165) is 0 Å². The van der Waals surface area contributed by atoms with Crippen molar-refractivity contribution in [3.8, 4) is 0 Å². The Kier molecular flexibility index (Phi) is 12.7. The van der Waals surface area contributed by atoms with Gasteiger partial charge in [0.2, 0.25) is 5.69 Å². The van der Waals surface area contributed by atoms with Crippen molar-refractivity contribution in [1.82, 2.24) is 0 Å². The molecular formula is C5H11KO2PS2. The van der Waals surface area contributed by atoms with Crippen LogP contribution in [0.3, 0.4) is 0 Å². The number of hydrogen-bond acceptors (Lipinski definition) is 3. The Balaban J connectivity index is 0. The van der Waals surface area contributed by atoms with E-state index in [9.17, 15) is 4.89 Å². The summed E-state index contributed by atoms with van der Waals surface area (Å²) in [6.07, 6.45) is 1.70. The van der Waals surface area contributed by atoms with Crippen LogP contribution in [0, 0.1) is 0 Å². The van der Waals surface area contributed by atoms with Crippen LogP contribution >= 0.6 is 17.1 Å². The number of hydrogen-bond donors (Lipinski definition) is 1. The summed E-state index contributed by atoms with van der Waals surface area (Å²) in [4.78, 5) is 9.26. The quantitative estimate of drug-likeness (QED) is 0.448. The van der Waals surface area contributed by atoms with Gasteiger partial charge in [0.05, 0.1) is 6.61 Å². The first-order valence-corrected chi connectivity index (χ1v) is 7.11. The van der Waals surface area contributed by atoms with Crippen molar-refractivity contribution in [2.75, 3.05) is 12.4 Å². The molecule has 1 N–H and O–H groups in total. The first kappa shape index (κ1) is 15.8. The summed E-state index contributed by atoms with van der Waals surface area (Å²) in [6.45, 7) is 5.79. The van der Waals surface area contributed by atoms with Gasteiger partial charge in [-0.25, -0.2) is 0 Å². The van der Waals surface area contributed by atoms with E-state index in [0.29, 0.717) is 12.4 Å². The minimum atomic E-state index is -2.53. The predicted molar refractivity (Wildman–Crippen MR) is 56.5 cm³/mol. The van der Waals surface area contributed by atoms with Crippen molar-refractivity contribution in [3.63, 3.8) is 0 Å². The van der Waals surface area contributed by atoms with Crippen molar-refractivity contribution in [1.29, 1.82) is 0 Å². The fourth-order valence-electron chi connectivity index (χ4n) is 0.347. The van der Waals surface area contributed by atoms with Crippen molar-refractivity contribution >= 4 is 80.3 Å². The third kappa shape index (κ3) is 10.2. The normalized spacial score (nSPS) is 14.7. The van der Waals surface area contributed by atoms with Gasteiger partial charge in [-0.05, 0) is 18.7 Å². The first-order chi connectivity index (χ1) is 4.62. The zero-order chi connectivity index (χ0) is 8.04. The van der Waals surface area contributed by atoms with Gasteiger partial charge in [-0.15, -0.1) is 6.58 Å². The standard InChI is InChI=1S/C5H11O2PS2.K/c1-3-5-10-8(6,9)7-4-2;/h3H,1,4-5H2,2H3,(H,6,9);. The van der Waals surface area contributed by atoms with Gasteiger partial charge in [-0.3, -0.25) is 0 Å². The molecule has 0 saturated heterocycles. The van der Waals surface area contributed by atoms with Gasteiger partial charge in [-0.1, -0.05) is 17.5 Å². The maximum absolute atomic E-state index is 9.26. The zero-order valence-corrected chi connectivity index (χ0v) is 12.5. The molecule has 0 aromatic carbocycles. The van der Waals surface area contributed by atoms with Crippen LogP contribution in [0.1, 0.15) is 6.92 Å². The second kappa shape index (κ2) is 8.88. The largest absolute Gasteiger partial charge is 0.337 e. The Morgan fingerprint density at radius 2 is 2.36 bits per heavy atom. The van der Waals surface area contributed by atoms with Crippen molar-refractivity contribution < 1.29 is 9.42 Å². The molecule has 1 radical (unpaired) electrons. The molecule has 1 atom stereocenters. The minimum Gasteiger partial charge on any atom is -0.337 e. The van der Waals surface area contributed by atoms with Gasteiger partial charge in [0.1, 0.15) is 0 Å². The molecule has 0 bridgehead atoms. The second-order valence-corrected chi connectivity index (χ2v) is 7.70. The average Bonchev–Trinajstić information content (AvgIpc) is 1.84. The summed E-state index contributed by atoms with van der Waals surface area (Å²) in [5, 5.41) is 0. The van der Waals surface area contributed by atoms with Gasteiger partial charge in [-0.2, -0.15) is 0 Å². The van der Waals surface area contributed by atoms with E-state index < -0.39 is 5.69 Å². The Hall–Kier alpha value is 2.30. The monoisotopic (exact) mass is 237 g/mol. The van der Waals surface area contributed by atoms with E-state index in [2.05, 4.69) is 6.58 Å². The summed E-state index contributed by atoms with van der Waals surface area (Å²) < 4.78 is 4.93. The molecule has 11 heavy (non-hydrogen) atoms. The van der Waals surface area contributed by atoms with Gasteiger partial charge in [0.15, 0.2) is 0 Å². The minimum absolute atomic E-state index is 0. The van der Waals surface area contributed by atoms with E-state index >= 15 is 0 Å². The van der Waals surface area contributed by atoms with Gasteiger partial charge in [0.25, 0.3) is 0 Å². The molecule has 2 nitrogen and oxygen atoms in total. The van der Waals surface area contributed by atoms with E-state index in [1.165, 1.54) is 11.4 Å². The third-order valence-corrected chi connectivity index (χ3v) is 4.95. The van der Waals surface area contributed by atoms with Crippen LogP contribution < -0.4 is 0 Å². The molecular weight excluding hydrogens is 226 g/mol. The first-order valence-electron chi connectivity index (χ1n) is 2.85. The SMILES string of the molecule is C=CCSP(O)(=S)OCC.[K]. The van der Waals surface area contributed by atoms with Gasteiger partial charge in [0, 0.05) is 57.1 Å². The summed E-state index contributed by atoms with van der Waals surface area (Å²) in [7, 11) is 0. The maximum atomic E-state index is 9.26. The second-order valence-electron chi connectivity index (χ2n) is 1.47. The van der Waals surface area contributed by atoms with Gasteiger partial charge >= 0.3 is 0 Å². The Labute approximate surface area is 120 Å². The van der Waals surface area contributed by atoms with Crippen LogP contribution in [0.25, 0.3) is 0 Å². The molecule has 0 aromatic heterocycles. The molecule has 6 heteroatoms.